The predicted molar refractivity (Wildman–Crippen MR) is 232 cm³/mol. The molecule has 0 fully saturated rings. The number of anilines is 6. The zero-order valence-electron chi connectivity index (χ0n) is 34.8. The fourth-order valence-electron chi connectivity index (χ4n) is 10.00. The molecule has 0 saturated carbocycles. The highest BCUT2D eigenvalue weighted by Gasteiger charge is 2.50. The monoisotopic (exact) mass is 698 g/mol. The molecule has 3 heteroatoms. The summed E-state index contributed by atoms with van der Waals surface area (Å²) < 4.78 is 0. The summed E-state index contributed by atoms with van der Waals surface area (Å²) in [6.45, 7) is 33.2. The molecule has 0 aromatic heterocycles. The first-order valence-electron chi connectivity index (χ1n) is 19.9. The van der Waals surface area contributed by atoms with Crippen LogP contribution in [0.2, 0.25) is 0 Å². The van der Waals surface area contributed by atoms with Gasteiger partial charge in [0.1, 0.15) is 0 Å². The molecule has 2 aliphatic heterocycles. The standard InChI is InChI=1S/C50H59BN2/c1-31-26-41-44-42(27-31)53(36-17-15-16-33(28-36)47(5,6)7)45-38(24-23-37-43(45)50(13,14)30-49(37,11)12)51(44)39-29-34(48(8,9)10)20-25-40(39)52(41)35-21-18-32(19-22-35)46(2,3)4/h15-29H,30H2,1-14H3. The number of hydrogen-bond acceptors (Lipinski definition) is 2. The van der Waals surface area contributed by atoms with Crippen molar-refractivity contribution in [3.8, 4) is 0 Å². The molecule has 53 heavy (non-hydrogen) atoms. The molecule has 2 heterocycles. The Morgan fingerprint density at radius 3 is 1.74 bits per heavy atom. The van der Waals surface area contributed by atoms with Gasteiger partial charge in [-0.3, -0.25) is 0 Å². The van der Waals surface area contributed by atoms with E-state index >= 15 is 0 Å². The van der Waals surface area contributed by atoms with Gasteiger partial charge in [-0.25, -0.2) is 0 Å². The highest BCUT2D eigenvalue weighted by molar-refractivity contribution is 7.00. The van der Waals surface area contributed by atoms with E-state index in [1.807, 2.05) is 0 Å². The molecular weight excluding hydrogens is 639 g/mol. The Kier molecular flexibility index (Phi) is 7.69. The van der Waals surface area contributed by atoms with Crippen molar-refractivity contribution < 1.29 is 0 Å². The molecule has 0 spiro atoms. The molecular formula is C50H59BN2. The van der Waals surface area contributed by atoms with E-state index in [-0.39, 0.29) is 33.8 Å². The van der Waals surface area contributed by atoms with Gasteiger partial charge in [-0.2, -0.15) is 0 Å². The maximum atomic E-state index is 2.67. The molecule has 0 N–H and O–H groups in total. The van der Waals surface area contributed by atoms with Gasteiger partial charge in [0.25, 0.3) is 6.71 Å². The van der Waals surface area contributed by atoms with Crippen molar-refractivity contribution in [1.29, 1.82) is 0 Å². The molecule has 0 amide bonds. The van der Waals surface area contributed by atoms with E-state index < -0.39 is 0 Å². The van der Waals surface area contributed by atoms with Crippen LogP contribution < -0.4 is 26.2 Å². The van der Waals surface area contributed by atoms with Crippen LogP contribution in [-0.4, -0.2) is 6.71 Å². The number of nitrogens with zero attached hydrogens (tertiary/aromatic N) is 2. The number of fused-ring (bicyclic) bond motifs is 6. The highest BCUT2D eigenvalue weighted by atomic mass is 15.2. The Hall–Kier alpha value is -4.24. The first-order chi connectivity index (χ1) is 24.6. The molecule has 3 aliphatic rings. The Labute approximate surface area is 320 Å². The molecule has 0 bridgehead atoms. The second kappa shape index (κ2) is 11.4. The van der Waals surface area contributed by atoms with Crippen molar-refractivity contribution in [3.63, 3.8) is 0 Å². The van der Waals surface area contributed by atoms with Gasteiger partial charge < -0.3 is 9.80 Å². The molecule has 272 valence electrons. The van der Waals surface area contributed by atoms with Gasteiger partial charge in [0.05, 0.1) is 0 Å². The summed E-state index contributed by atoms with van der Waals surface area (Å²) in [5, 5.41) is 0. The average Bonchev–Trinajstić information content (AvgIpc) is 3.25. The summed E-state index contributed by atoms with van der Waals surface area (Å²) in [6, 6.07) is 36.0. The number of hydrogen-bond donors (Lipinski definition) is 0. The van der Waals surface area contributed by atoms with Crippen molar-refractivity contribution in [2.24, 2.45) is 0 Å². The van der Waals surface area contributed by atoms with Crippen LogP contribution in [-0.2, 0) is 27.1 Å². The molecule has 5 aromatic rings. The second-order valence-electron chi connectivity index (χ2n) is 20.8. The summed E-state index contributed by atoms with van der Waals surface area (Å²) in [4.78, 5) is 5.24. The Morgan fingerprint density at radius 1 is 0.528 bits per heavy atom. The van der Waals surface area contributed by atoms with Gasteiger partial charge in [-0.15, -0.1) is 0 Å². The minimum Gasteiger partial charge on any atom is -0.311 e. The first-order valence-corrected chi connectivity index (χ1v) is 19.9. The van der Waals surface area contributed by atoms with E-state index in [1.165, 1.54) is 83.9 Å². The molecule has 0 saturated heterocycles. The van der Waals surface area contributed by atoms with Crippen LogP contribution in [0.4, 0.5) is 34.1 Å². The topological polar surface area (TPSA) is 6.48 Å². The van der Waals surface area contributed by atoms with Gasteiger partial charge in [0.2, 0.25) is 0 Å². The highest BCUT2D eigenvalue weighted by Crippen LogP contribution is 2.56. The van der Waals surface area contributed by atoms with E-state index in [4.69, 9.17) is 0 Å². The molecule has 1 aliphatic carbocycles. The SMILES string of the molecule is Cc1cc2c3c(c1)N(c1cccc(C(C)(C)C)c1)c1c(ccc4c1C(C)(C)CC4(C)C)B3c1cc(C(C)(C)C)ccc1N2c1ccc(C(C)(C)C)cc1. The number of benzene rings is 5. The summed E-state index contributed by atoms with van der Waals surface area (Å²) in [6.07, 6.45) is 1.13. The second-order valence-corrected chi connectivity index (χ2v) is 20.8. The maximum Gasteiger partial charge on any atom is 0.252 e. The number of rotatable bonds is 2. The van der Waals surface area contributed by atoms with E-state index in [0.717, 1.165) is 6.42 Å². The zero-order chi connectivity index (χ0) is 38.2. The quantitative estimate of drug-likeness (QED) is 0.166. The lowest BCUT2D eigenvalue weighted by Crippen LogP contribution is -2.62. The van der Waals surface area contributed by atoms with Gasteiger partial charge >= 0.3 is 0 Å². The van der Waals surface area contributed by atoms with E-state index in [9.17, 15) is 0 Å². The van der Waals surface area contributed by atoms with Crippen molar-refractivity contribution in [2.45, 2.75) is 130 Å². The molecule has 0 unspecified atom stereocenters. The van der Waals surface area contributed by atoms with Crippen LogP contribution >= 0.6 is 0 Å². The van der Waals surface area contributed by atoms with Crippen molar-refractivity contribution in [2.75, 3.05) is 9.80 Å². The fourth-order valence-corrected chi connectivity index (χ4v) is 10.00. The lowest BCUT2D eigenvalue weighted by atomic mass is 9.33. The fraction of sp³-hybridized carbons (Fsp3) is 0.400. The third-order valence-corrected chi connectivity index (χ3v) is 12.5. The van der Waals surface area contributed by atoms with Crippen molar-refractivity contribution >= 4 is 57.2 Å². The minimum atomic E-state index is 0.0137. The Bertz CT molecular complexity index is 2290. The average molecular weight is 699 g/mol. The van der Waals surface area contributed by atoms with Gasteiger partial charge in [-0.1, -0.05) is 139 Å². The van der Waals surface area contributed by atoms with Crippen LogP contribution in [0.15, 0.2) is 91.0 Å². The van der Waals surface area contributed by atoms with Crippen LogP contribution in [0.5, 0.6) is 0 Å². The molecule has 2 nitrogen and oxygen atoms in total. The van der Waals surface area contributed by atoms with Gasteiger partial charge in [0.15, 0.2) is 0 Å². The minimum absolute atomic E-state index is 0.0137. The van der Waals surface area contributed by atoms with Crippen LogP contribution in [0.25, 0.3) is 0 Å². The zero-order valence-corrected chi connectivity index (χ0v) is 34.8. The summed E-state index contributed by atoms with van der Waals surface area (Å²) in [5.41, 5.74) is 20.5. The first kappa shape index (κ1) is 35.8. The van der Waals surface area contributed by atoms with Crippen molar-refractivity contribution in [3.05, 3.63) is 124 Å². The summed E-state index contributed by atoms with van der Waals surface area (Å²) in [5.74, 6) is 0. The molecule has 0 radical (unpaired) electrons. The molecule has 8 rings (SSSR count). The van der Waals surface area contributed by atoms with Gasteiger partial charge in [0, 0.05) is 34.1 Å². The largest absolute Gasteiger partial charge is 0.311 e. The molecule has 5 aromatic carbocycles. The normalized spacial score (nSPS) is 17.0. The van der Waals surface area contributed by atoms with Crippen molar-refractivity contribution in [1.82, 2.24) is 0 Å². The van der Waals surface area contributed by atoms with Crippen LogP contribution in [0, 0.1) is 6.92 Å². The Morgan fingerprint density at radius 2 is 1.11 bits per heavy atom. The van der Waals surface area contributed by atoms with E-state index in [2.05, 4.69) is 198 Å². The van der Waals surface area contributed by atoms with Crippen LogP contribution in [0.3, 0.4) is 0 Å². The summed E-state index contributed by atoms with van der Waals surface area (Å²) >= 11 is 0. The predicted octanol–water partition coefficient (Wildman–Crippen LogP) is 11.9. The Balaban J connectivity index is 1.51. The van der Waals surface area contributed by atoms with E-state index in [1.54, 1.807) is 0 Å². The lowest BCUT2D eigenvalue weighted by molar-refractivity contribution is 0.403. The molecule has 0 atom stereocenters. The lowest BCUT2D eigenvalue weighted by Gasteiger charge is -2.46. The van der Waals surface area contributed by atoms with Crippen LogP contribution in [0.1, 0.15) is 130 Å². The summed E-state index contributed by atoms with van der Waals surface area (Å²) in [7, 11) is 0. The maximum absolute atomic E-state index is 2.67. The van der Waals surface area contributed by atoms with E-state index in [0.29, 0.717) is 0 Å². The third-order valence-electron chi connectivity index (χ3n) is 12.5. The smallest absolute Gasteiger partial charge is 0.252 e. The van der Waals surface area contributed by atoms with Gasteiger partial charge in [-0.05, 0) is 133 Å². The number of aryl methyl sites for hydroxylation is 1. The third kappa shape index (κ3) is 5.59.